The van der Waals surface area contributed by atoms with Gasteiger partial charge in [0.15, 0.2) is 0 Å². The number of carbonyl (C=O) groups excluding carboxylic acids is 1. The fourth-order valence-corrected chi connectivity index (χ4v) is 2.32. The standard InChI is InChI=1S/C19H21F2N3O4/c1-4-24-12(3)15(20)8-14(19(27)23-28-10-13(26)9-25)18(24)22-17-6-5-11(2)7-16(17)21/h4-8,13,22,25-26H,1,3,9-10H2,2H3,(H,23,27). The van der Waals surface area contributed by atoms with E-state index < -0.39 is 30.3 Å². The third-order valence-corrected chi connectivity index (χ3v) is 3.79. The van der Waals surface area contributed by atoms with Crippen molar-refractivity contribution in [1.29, 1.82) is 0 Å². The van der Waals surface area contributed by atoms with Crippen molar-refractivity contribution in [2.24, 2.45) is 0 Å². The highest BCUT2D eigenvalue weighted by Crippen LogP contribution is 2.31. The molecule has 9 heteroatoms. The molecule has 1 aromatic rings. The maximum atomic E-state index is 14.3. The summed E-state index contributed by atoms with van der Waals surface area (Å²) < 4.78 is 28.5. The molecule has 7 nitrogen and oxygen atoms in total. The molecule has 0 aromatic heterocycles. The lowest BCUT2D eigenvalue weighted by molar-refractivity contribution is -0.132. The molecule has 1 amide bonds. The highest BCUT2D eigenvalue weighted by atomic mass is 19.1. The molecule has 150 valence electrons. The number of carbonyl (C=O) groups is 1. The first-order valence-electron chi connectivity index (χ1n) is 8.25. The minimum Gasteiger partial charge on any atom is -0.394 e. The molecular formula is C19H21F2N3O4. The lowest BCUT2D eigenvalue weighted by atomic mass is 10.1. The SMILES string of the molecule is C=CN1C(=C)C(F)=CC(C(=O)NOCC(O)CO)=C1Nc1ccc(C)cc1F. The van der Waals surface area contributed by atoms with Crippen molar-refractivity contribution in [3.8, 4) is 0 Å². The van der Waals surface area contributed by atoms with Crippen molar-refractivity contribution in [2.75, 3.05) is 18.5 Å². The van der Waals surface area contributed by atoms with Crippen molar-refractivity contribution in [1.82, 2.24) is 10.4 Å². The van der Waals surface area contributed by atoms with Crippen molar-refractivity contribution in [3.05, 3.63) is 77.9 Å². The zero-order valence-corrected chi connectivity index (χ0v) is 15.2. The van der Waals surface area contributed by atoms with Crippen LogP contribution in [0, 0.1) is 12.7 Å². The summed E-state index contributed by atoms with van der Waals surface area (Å²) in [6, 6.07) is 4.44. The third-order valence-electron chi connectivity index (χ3n) is 3.79. The molecule has 1 unspecified atom stereocenters. The predicted molar refractivity (Wildman–Crippen MR) is 99.3 cm³/mol. The first kappa shape index (κ1) is 21.3. The number of halogens is 2. The van der Waals surface area contributed by atoms with E-state index in [9.17, 15) is 18.7 Å². The fourth-order valence-electron chi connectivity index (χ4n) is 2.32. The number of hydroxylamine groups is 1. The molecule has 0 aliphatic carbocycles. The van der Waals surface area contributed by atoms with Crippen molar-refractivity contribution in [3.63, 3.8) is 0 Å². The van der Waals surface area contributed by atoms with Crippen molar-refractivity contribution in [2.45, 2.75) is 13.0 Å². The fraction of sp³-hybridized carbons (Fsp3) is 0.211. The molecule has 0 fully saturated rings. The van der Waals surface area contributed by atoms with E-state index in [0.717, 1.165) is 11.0 Å². The molecule has 4 N–H and O–H groups in total. The lowest BCUT2D eigenvalue weighted by Crippen LogP contribution is -2.35. The molecule has 28 heavy (non-hydrogen) atoms. The molecule has 2 rings (SSSR count). The normalized spacial score (nSPS) is 15.2. The number of aliphatic hydroxyl groups excluding tert-OH is 2. The van der Waals surface area contributed by atoms with Crippen molar-refractivity contribution < 1.29 is 28.6 Å². The molecule has 0 bridgehead atoms. The minimum atomic E-state index is -1.20. The van der Waals surface area contributed by atoms with Gasteiger partial charge in [0.1, 0.15) is 30.2 Å². The number of hydrogen-bond donors (Lipinski definition) is 4. The number of nitrogens with one attached hydrogen (secondary N) is 2. The van der Waals surface area contributed by atoms with Crippen LogP contribution in [0.5, 0.6) is 0 Å². The molecule has 1 aliphatic heterocycles. The van der Waals surface area contributed by atoms with Crippen LogP contribution in [0.2, 0.25) is 0 Å². The number of anilines is 1. The molecule has 0 radical (unpaired) electrons. The summed E-state index contributed by atoms with van der Waals surface area (Å²) in [5.41, 5.74) is 2.47. The number of hydrogen-bond acceptors (Lipinski definition) is 6. The van der Waals surface area contributed by atoms with E-state index in [0.29, 0.717) is 5.56 Å². The number of aliphatic hydroxyl groups is 2. The number of amides is 1. The van der Waals surface area contributed by atoms with Crippen LogP contribution in [-0.2, 0) is 9.63 Å². The van der Waals surface area contributed by atoms with Crippen molar-refractivity contribution >= 4 is 11.6 Å². The molecule has 1 aromatic carbocycles. The number of benzene rings is 1. The molecule has 1 heterocycles. The Hall–Kier alpha value is -3.01. The molecular weight excluding hydrogens is 372 g/mol. The molecule has 1 atom stereocenters. The van der Waals surface area contributed by atoms with Gasteiger partial charge in [-0.1, -0.05) is 19.2 Å². The van der Waals surface area contributed by atoms with Gasteiger partial charge in [-0.3, -0.25) is 9.63 Å². The van der Waals surface area contributed by atoms with E-state index in [1.54, 1.807) is 13.0 Å². The summed E-state index contributed by atoms with van der Waals surface area (Å²) in [7, 11) is 0. The van der Waals surface area contributed by atoms with E-state index in [2.05, 4.69) is 18.5 Å². The summed E-state index contributed by atoms with van der Waals surface area (Å²) >= 11 is 0. The van der Waals surface area contributed by atoms with E-state index in [4.69, 9.17) is 9.94 Å². The molecule has 0 saturated heterocycles. The molecule has 0 spiro atoms. The van der Waals surface area contributed by atoms with Crippen LogP contribution in [0.25, 0.3) is 0 Å². The summed E-state index contributed by atoms with van der Waals surface area (Å²) in [5.74, 6) is -2.22. The van der Waals surface area contributed by atoms with Gasteiger partial charge in [0.25, 0.3) is 5.91 Å². The van der Waals surface area contributed by atoms with Gasteiger partial charge in [-0.15, -0.1) is 0 Å². The van der Waals surface area contributed by atoms with E-state index >= 15 is 0 Å². The lowest BCUT2D eigenvalue weighted by Gasteiger charge is -2.30. The van der Waals surface area contributed by atoms with Crippen LogP contribution in [-0.4, -0.2) is 40.3 Å². The van der Waals surface area contributed by atoms with Crippen LogP contribution in [0.1, 0.15) is 5.56 Å². The third kappa shape index (κ3) is 4.83. The van der Waals surface area contributed by atoms with Gasteiger partial charge in [0.05, 0.1) is 23.6 Å². The quantitative estimate of drug-likeness (QED) is 0.505. The first-order valence-corrected chi connectivity index (χ1v) is 8.25. The molecule has 0 saturated carbocycles. The second-order valence-electron chi connectivity index (χ2n) is 5.94. The Balaban J connectivity index is 2.37. The minimum absolute atomic E-state index is 0.00737. The van der Waals surface area contributed by atoms with Gasteiger partial charge in [-0.25, -0.2) is 14.3 Å². The largest absolute Gasteiger partial charge is 0.394 e. The van der Waals surface area contributed by atoms with Crippen LogP contribution in [0.4, 0.5) is 14.5 Å². The maximum absolute atomic E-state index is 14.3. The van der Waals surface area contributed by atoms with E-state index in [1.807, 2.05) is 5.48 Å². The van der Waals surface area contributed by atoms with Gasteiger partial charge in [-0.05, 0) is 30.7 Å². The van der Waals surface area contributed by atoms with Crippen LogP contribution < -0.4 is 10.8 Å². The van der Waals surface area contributed by atoms with Crippen LogP contribution in [0.3, 0.4) is 0 Å². The number of aryl methyl sites for hydroxylation is 1. The first-order chi connectivity index (χ1) is 13.3. The monoisotopic (exact) mass is 393 g/mol. The second-order valence-corrected chi connectivity index (χ2v) is 5.94. The summed E-state index contributed by atoms with van der Waals surface area (Å²) in [4.78, 5) is 18.4. The summed E-state index contributed by atoms with van der Waals surface area (Å²) in [6.07, 6.45) is 0.932. The smallest absolute Gasteiger partial charge is 0.278 e. The number of rotatable bonds is 8. The highest BCUT2D eigenvalue weighted by Gasteiger charge is 2.28. The number of allylic oxidation sites excluding steroid dienone is 1. The Labute approximate surface area is 160 Å². The Morgan fingerprint density at radius 1 is 1.43 bits per heavy atom. The van der Waals surface area contributed by atoms with Gasteiger partial charge in [0, 0.05) is 6.20 Å². The average Bonchev–Trinajstić information content (AvgIpc) is 2.66. The summed E-state index contributed by atoms with van der Waals surface area (Å²) in [5, 5.41) is 20.7. The van der Waals surface area contributed by atoms with Gasteiger partial charge >= 0.3 is 0 Å². The predicted octanol–water partition coefficient (Wildman–Crippen LogP) is 1.98. The van der Waals surface area contributed by atoms with Gasteiger partial charge in [0.2, 0.25) is 0 Å². The average molecular weight is 393 g/mol. The Bertz CT molecular complexity index is 852. The zero-order chi connectivity index (χ0) is 20.8. The highest BCUT2D eigenvalue weighted by molar-refractivity contribution is 5.97. The van der Waals surface area contributed by atoms with E-state index in [1.165, 1.54) is 18.3 Å². The zero-order valence-electron chi connectivity index (χ0n) is 15.2. The maximum Gasteiger partial charge on any atom is 0.278 e. The second kappa shape index (κ2) is 9.27. The van der Waals surface area contributed by atoms with Crippen LogP contribution in [0.15, 0.2) is 66.6 Å². The number of nitrogens with zero attached hydrogens (tertiary/aromatic N) is 1. The van der Waals surface area contributed by atoms with Gasteiger partial charge < -0.3 is 20.4 Å². The summed E-state index contributed by atoms with van der Waals surface area (Å²) in [6.45, 7) is 7.94. The Kier molecular flexibility index (Phi) is 7.05. The van der Waals surface area contributed by atoms with Gasteiger partial charge in [-0.2, -0.15) is 0 Å². The van der Waals surface area contributed by atoms with E-state index in [-0.39, 0.29) is 29.4 Å². The Morgan fingerprint density at radius 2 is 2.14 bits per heavy atom. The molecule has 1 aliphatic rings. The Morgan fingerprint density at radius 3 is 2.75 bits per heavy atom. The topological polar surface area (TPSA) is 94.1 Å². The van der Waals surface area contributed by atoms with Crippen LogP contribution >= 0.6 is 0 Å².